The van der Waals surface area contributed by atoms with Gasteiger partial charge in [-0.1, -0.05) is 13.3 Å². The van der Waals surface area contributed by atoms with E-state index in [1.165, 1.54) is 18.6 Å². The highest BCUT2D eigenvalue weighted by atomic mass is 19.3. The van der Waals surface area contributed by atoms with Crippen molar-refractivity contribution in [1.29, 1.82) is 0 Å². The quantitative estimate of drug-likeness (QED) is 0.777. The Balaban J connectivity index is 1.43. The van der Waals surface area contributed by atoms with E-state index in [2.05, 4.69) is 6.92 Å². The van der Waals surface area contributed by atoms with Crippen molar-refractivity contribution in [1.82, 2.24) is 4.90 Å². The molecule has 0 radical (unpaired) electrons. The van der Waals surface area contributed by atoms with E-state index in [4.69, 9.17) is 10.5 Å². The van der Waals surface area contributed by atoms with Crippen molar-refractivity contribution in [3.05, 3.63) is 29.8 Å². The number of carbonyl (C=O) groups excluding carboxylic acids is 1. The Morgan fingerprint density at radius 1 is 1.07 bits per heavy atom. The molecule has 160 valence electrons. The molecule has 2 aliphatic heterocycles. The summed E-state index contributed by atoms with van der Waals surface area (Å²) >= 11 is 0. The fraction of sp³-hybridized carbons (Fsp3) is 0.696. The number of alkyl halides is 2. The first-order valence-electron chi connectivity index (χ1n) is 11.1. The molecule has 3 unspecified atom stereocenters. The lowest BCUT2D eigenvalue weighted by Crippen LogP contribution is -2.57. The maximum absolute atomic E-state index is 15.1. The minimum atomic E-state index is -3.41. The lowest BCUT2D eigenvalue weighted by molar-refractivity contribution is -0.148. The summed E-state index contributed by atoms with van der Waals surface area (Å²) in [7, 11) is 0. The number of amides is 1. The highest BCUT2D eigenvalue weighted by Crippen LogP contribution is 2.41. The Hall–Kier alpha value is -1.69. The van der Waals surface area contributed by atoms with Gasteiger partial charge in [0.1, 0.15) is 5.75 Å². The predicted octanol–water partition coefficient (Wildman–Crippen LogP) is 4.61. The van der Waals surface area contributed by atoms with Gasteiger partial charge in [0.15, 0.2) is 6.04 Å². The van der Waals surface area contributed by atoms with Crippen molar-refractivity contribution in [3.63, 3.8) is 0 Å². The van der Waals surface area contributed by atoms with Gasteiger partial charge in [0.2, 0.25) is 5.91 Å². The number of nitrogens with zero attached hydrogens (tertiary/aromatic N) is 1. The van der Waals surface area contributed by atoms with E-state index < -0.39 is 17.9 Å². The molecule has 0 aromatic heterocycles. The van der Waals surface area contributed by atoms with Crippen LogP contribution in [0.5, 0.6) is 5.75 Å². The van der Waals surface area contributed by atoms with Gasteiger partial charge in [-0.25, -0.2) is 0 Å². The van der Waals surface area contributed by atoms with Gasteiger partial charge in [-0.2, -0.15) is 8.78 Å². The molecule has 1 saturated carbocycles. The van der Waals surface area contributed by atoms with E-state index in [-0.39, 0.29) is 23.8 Å². The molecule has 2 N–H and O–H groups in total. The summed E-state index contributed by atoms with van der Waals surface area (Å²) in [6.45, 7) is 2.17. The second-order valence-electron chi connectivity index (χ2n) is 9.21. The fourth-order valence-electron chi connectivity index (χ4n) is 5.44. The van der Waals surface area contributed by atoms with Crippen molar-refractivity contribution in [3.8, 4) is 5.75 Å². The van der Waals surface area contributed by atoms with Crippen LogP contribution < -0.4 is 10.5 Å². The molecule has 1 aromatic carbocycles. The van der Waals surface area contributed by atoms with E-state index in [1.807, 2.05) is 0 Å². The average Bonchev–Trinajstić information content (AvgIpc) is 2.99. The van der Waals surface area contributed by atoms with Gasteiger partial charge < -0.3 is 15.4 Å². The van der Waals surface area contributed by atoms with E-state index >= 15 is 8.78 Å². The third-order valence-electron chi connectivity index (χ3n) is 6.97. The Morgan fingerprint density at radius 3 is 2.24 bits per heavy atom. The maximum atomic E-state index is 15.1. The van der Waals surface area contributed by atoms with Gasteiger partial charge >= 0.3 is 0 Å². The summed E-state index contributed by atoms with van der Waals surface area (Å²) in [5.41, 5.74) is 5.63. The fourth-order valence-corrected chi connectivity index (χ4v) is 5.44. The molecule has 6 heteroatoms. The van der Waals surface area contributed by atoms with Gasteiger partial charge in [-0.3, -0.25) is 4.79 Å². The van der Waals surface area contributed by atoms with Crippen molar-refractivity contribution in [2.75, 3.05) is 0 Å². The third kappa shape index (κ3) is 4.14. The molecule has 1 aliphatic carbocycles. The van der Waals surface area contributed by atoms with Gasteiger partial charge in [0, 0.05) is 17.6 Å². The van der Waals surface area contributed by atoms with Crippen LogP contribution in [-0.4, -0.2) is 35.0 Å². The minimum absolute atomic E-state index is 0.0596. The largest absolute Gasteiger partial charge is 0.490 e. The maximum Gasteiger partial charge on any atom is 0.296 e. The summed E-state index contributed by atoms with van der Waals surface area (Å²) in [4.78, 5) is 14.6. The third-order valence-corrected chi connectivity index (χ3v) is 6.97. The molecule has 4 rings (SSSR count). The van der Waals surface area contributed by atoms with Crippen LogP contribution in [0.4, 0.5) is 8.78 Å². The second kappa shape index (κ2) is 8.21. The Morgan fingerprint density at radius 2 is 1.66 bits per heavy atom. The molecule has 3 aliphatic rings. The number of piperidine rings is 1. The van der Waals surface area contributed by atoms with E-state index in [0.29, 0.717) is 11.7 Å². The molecular formula is C23H32F2N2O2. The summed E-state index contributed by atoms with van der Waals surface area (Å²) in [5.74, 6) is -2.90. The van der Waals surface area contributed by atoms with E-state index in [1.54, 1.807) is 17.0 Å². The topological polar surface area (TPSA) is 55.6 Å². The molecule has 3 atom stereocenters. The Bertz CT molecular complexity index is 704. The zero-order chi connectivity index (χ0) is 20.6. The zero-order valence-electron chi connectivity index (χ0n) is 17.2. The van der Waals surface area contributed by atoms with E-state index in [9.17, 15) is 4.79 Å². The zero-order valence-corrected chi connectivity index (χ0v) is 17.2. The van der Waals surface area contributed by atoms with Crippen molar-refractivity contribution in [2.45, 2.75) is 94.9 Å². The summed E-state index contributed by atoms with van der Waals surface area (Å²) < 4.78 is 36.1. The van der Waals surface area contributed by atoms with Crippen LogP contribution in [0, 0.1) is 5.92 Å². The van der Waals surface area contributed by atoms with Crippen LogP contribution in [0.2, 0.25) is 0 Å². The van der Waals surface area contributed by atoms with Crippen LogP contribution in [0.1, 0.15) is 70.3 Å². The number of benzene rings is 1. The molecule has 1 aromatic rings. The SMILES string of the molecule is CC1CC2CCC(C1)N2C(=O)C(N)C(F)(F)c1ccc(OC2CCCCC2)cc1. The lowest BCUT2D eigenvalue weighted by atomic mass is 9.91. The smallest absolute Gasteiger partial charge is 0.296 e. The highest BCUT2D eigenvalue weighted by Gasteiger charge is 2.50. The highest BCUT2D eigenvalue weighted by molar-refractivity contribution is 5.84. The molecule has 1 amide bonds. The Kier molecular flexibility index (Phi) is 5.83. The average molecular weight is 407 g/mol. The molecule has 4 nitrogen and oxygen atoms in total. The molecule has 2 saturated heterocycles. The summed E-state index contributed by atoms with van der Waals surface area (Å²) in [6, 6.07) is 4.09. The molecule has 2 heterocycles. The van der Waals surface area contributed by atoms with Gasteiger partial charge in [0.25, 0.3) is 5.92 Å². The number of hydrogen-bond donors (Lipinski definition) is 1. The van der Waals surface area contributed by atoms with Crippen molar-refractivity contribution in [2.24, 2.45) is 11.7 Å². The summed E-state index contributed by atoms with van der Waals surface area (Å²) in [5, 5.41) is 0. The first-order chi connectivity index (χ1) is 13.9. The number of fused-ring (bicyclic) bond motifs is 2. The van der Waals surface area contributed by atoms with Gasteiger partial charge in [-0.15, -0.1) is 0 Å². The van der Waals surface area contributed by atoms with E-state index in [0.717, 1.165) is 51.4 Å². The lowest BCUT2D eigenvalue weighted by Gasteiger charge is -2.40. The molecule has 0 spiro atoms. The first kappa shape index (κ1) is 20.6. The van der Waals surface area contributed by atoms with Crippen LogP contribution in [0.3, 0.4) is 0 Å². The molecule has 2 bridgehead atoms. The second-order valence-corrected chi connectivity index (χ2v) is 9.21. The first-order valence-corrected chi connectivity index (χ1v) is 11.1. The van der Waals surface area contributed by atoms with Crippen LogP contribution >= 0.6 is 0 Å². The standard InChI is InChI=1S/C23H32F2N2O2/c1-15-13-17-9-10-18(14-15)27(17)22(28)21(26)23(24,25)16-7-11-20(12-8-16)29-19-5-3-2-4-6-19/h7-8,11-12,15,17-19,21H,2-6,9-10,13-14,26H2,1H3. The minimum Gasteiger partial charge on any atom is -0.490 e. The number of hydrogen-bond acceptors (Lipinski definition) is 3. The van der Waals surface area contributed by atoms with Gasteiger partial charge in [0.05, 0.1) is 6.10 Å². The summed E-state index contributed by atoms with van der Waals surface area (Å²) in [6.07, 6.45) is 9.26. The number of carbonyl (C=O) groups is 1. The number of nitrogens with two attached hydrogens (primary N) is 1. The molecule has 3 fully saturated rings. The number of ether oxygens (including phenoxy) is 1. The monoisotopic (exact) mass is 406 g/mol. The Labute approximate surface area is 171 Å². The van der Waals surface area contributed by atoms with Crippen LogP contribution in [0.25, 0.3) is 0 Å². The van der Waals surface area contributed by atoms with Crippen molar-refractivity contribution >= 4 is 5.91 Å². The molecular weight excluding hydrogens is 374 g/mol. The predicted molar refractivity (Wildman–Crippen MR) is 108 cm³/mol. The van der Waals surface area contributed by atoms with Crippen molar-refractivity contribution < 1.29 is 18.3 Å². The number of rotatable bonds is 5. The van der Waals surface area contributed by atoms with Crippen LogP contribution in [-0.2, 0) is 10.7 Å². The van der Waals surface area contributed by atoms with Crippen LogP contribution in [0.15, 0.2) is 24.3 Å². The normalized spacial score (nSPS) is 29.0. The molecule has 29 heavy (non-hydrogen) atoms. The number of halogens is 2. The van der Waals surface area contributed by atoms with Gasteiger partial charge in [-0.05, 0) is 81.5 Å².